The summed E-state index contributed by atoms with van der Waals surface area (Å²) >= 11 is 1.22. The summed E-state index contributed by atoms with van der Waals surface area (Å²) in [5, 5.41) is 14.0. The molecule has 0 aliphatic carbocycles. The number of rotatable bonds is 5. The van der Waals surface area contributed by atoms with Gasteiger partial charge in [-0.1, -0.05) is 0 Å². The fourth-order valence-electron chi connectivity index (χ4n) is 2.69. The van der Waals surface area contributed by atoms with Crippen molar-refractivity contribution in [3.63, 3.8) is 0 Å². The van der Waals surface area contributed by atoms with Crippen LogP contribution in [-0.2, 0) is 0 Å². The molecule has 6 nitrogen and oxygen atoms in total. The number of thiophene rings is 1. The first-order valence-electron chi connectivity index (χ1n) is 7.21. The molecule has 0 saturated carbocycles. The normalized spacial score (nSPS) is 16.2. The molecule has 1 N–H and O–H groups in total. The van der Waals surface area contributed by atoms with Gasteiger partial charge in [-0.25, -0.2) is 0 Å². The van der Waals surface area contributed by atoms with Gasteiger partial charge in [-0.2, -0.15) is 0 Å². The van der Waals surface area contributed by atoms with Crippen molar-refractivity contribution in [2.45, 2.75) is 26.2 Å². The second-order valence-corrected chi connectivity index (χ2v) is 6.69. The third-order valence-electron chi connectivity index (χ3n) is 4.00. The molecule has 1 aromatic rings. The molecule has 1 aromatic heterocycles. The van der Waals surface area contributed by atoms with E-state index in [9.17, 15) is 14.9 Å². The van der Waals surface area contributed by atoms with Gasteiger partial charge in [0.2, 0.25) is 0 Å². The van der Waals surface area contributed by atoms with Crippen LogP contribution in [0.3, 0.4) is 0 Å². The van der Waals surface area contributed by atoms with Gasteiger partial charge in [-0.15, -0.1) is 11.3 Å². The van der Waals surface area contributed by atoms with Crippen LogP contribution >= 0.6 is 11.3 Å². The highest BCUT2D eigenvalue weighted by molar-refractivity contribution is 7.14. The minimum Gasteiger partial charge on any atom is -0.338 e. The molecule has 0 unspecified atom stereocenters. The van der Waals surface area contributed by atoms with Crippen LogP contribution in [-0.4, -0.2) is 42.4 Å². The van der Waals surface area contributed by atoms with Crippen molar-refractivity contribution in [2.24, 2.45) is 5.92 Å². The summed E-state index contributed by atoms with van der Waals surface area (Å²) in [4.78, 5) is 25.7. The average molecular weight is 311 g/mol. The molecule has 21 heavy (non-hydrogen) atoms. The number of aryl methyl sites for hydroxylation is 1. The highest BCUT2D eigenvalue weighted by atomic mass is 32.1. The number of amides is 1. The minimum absolute atomic E-state index is 0.0484. The number of nitrogens with one attached hydrogen (secondary N) is 1. The third-order valence-corrected chi connectivity index (χ3v) is 5.03. The van der Waals surface area contributed by atoms with Gasteiger partial charge in [-0.3, -0.25) is 14.9 Å². The Morgan fingerprint density at radius 2 is 2.19 bits per heavy atom. The van der Waals surface area contributed by atoms with Gasteiger partial charge < -0.3 is 10.2 Å². The van der Waals surface area contributed by atoms with E-state index in [2.05, 4.69) is 5.32 Å². The number of likely N-dealkylation sites (tertiary alicyclic amines) is 1. The number of carbonyl (C=O) groups excluding carboxylic acids is 1. The second-order valence-electron chi connectivity index (χ2n) is 5.44. The lowest BCUT2D eigenvalue weighted by molar-refractivity contribution is -0.385. The first kappa shape index (κ1) is 15.9. The SMILES string of the molecule is CNCCC1CCN(C(=O)c2cc([N+](=O)[O-])c(C)s2)CC1. The molecular formula is C14H21N3O3S. The molecule has 2 heterocycles. The molecule has 1 saturated heterocycles. The molecule has 0 atom stereocenters. The Balaban J connectivity index is 1.96. The van der Waals surface area contributed by atoms with Gasteiger partial charge in [0.25, 0.3) is 11.6 Å². The van der Waals surface area contributed by atoms with Crippen LogP contribution in [0.15, 0.2) is 6.07 Å². The number of hydrogen-bond acceptors (Lipinski definition) is 5. The standard InChI is InChI=1S/C14H21N3O3S/c1-10-12(17(19)20)9-13(21-10)14(18)16-7-4-11(5-8-16)3-6-15-2/h9,11,15H,3-8H2,1-2H3. The van der Waals surface area contributed by atoms with E-state index in [1.165, 1.54) is 17.4 Å². The number of carbonyl (C=O) groups is 1. The second kappa shape index (κ2) is 7.00. The zero-order valence-corrected chi connectivity index (χ0v) is 13.2. The summed E-state index contributed by atoms with van der Waals surface area (Å²) in [5.41, 5.74) is 0.0484. The molecular weight excluding hydrogens is 290 g/mol. The maximum absolute atomic E-state index is 12.4. The molecule has 1 aliphatic rings. The maximum Gasteiger partial charge on any atom is 0.283 e. The highest BCUT2D eigenvalue weighted by Crippen LogP contribution is 2.30. The lowest BCUT2D eigenvalue weighted by Gasteiger charge is -2.31. The van der Waals surface area contributed by atoms with E-state index in [4.69, 9.17) is 0 Å². The van der Waals surface area contributed by atoms with Crippen molar-refractivity contribution in [1.82, 2.24) is 10.2 Å². The lowest BCUT2D eigenvalue weighted by atomic mass is 9.93. The van der Waals surface area contributed by atoms with Crippen LogP contribution in [0.2, 0.25) is 0 Å². The van der Waals surface area contributed by atoms with E-state index in [1.807, 2.05) is 11.9 Å². The number of nitro groups is 1. The van der Waals surface area contributed by atoms with E-state index in [1.54, 1.807) is 6.92 Å². The van der Waals surface area contributed by atoms with Crippen LogP contribution in [0.5, 0.6) is 0 Å². The van der Waals surface area contributed by atoms with E-state index in [0.29, 0.717) is 15.7 Å². The van der Waals surface area contributed by atoms with E-state index < -0.39 is 4.92 Å². The molecule has 2 rings (SSSR count). The third kappa shape index (κ3) is 3.79. The molecule has 0 spiro atoms. The summed E-state index contributed by atoms with van der Waals surface area (Å²) < 4.78 is 0. The maximum atomic E-state index is 12.4. The summed E-state index contributed by atoms with van der Waals surface area (Å²) in [6.45, 7) is 4.19. The van der Waals surface area contributed by atoms with Crippen molar-refractivity contribution in [1.29, 1.82) is 0 Å². The van der Waals surface area contributed by atoms with Gasteiger partial charge in [0.1, 0.15) is 0 Å². The van der Waals surface area contributed by atoms with Gasteiger partial charge in [0, 0.05) is 19.2 Å². The molecule has 7 heteroatoms. The lowest BCUT2D eigenvalue weighted by Crippen LogP contribution is -2.38. The number of piperidine rings is 1. The van der Waals surface area contributed by atoms with Crippen molar-refractivity contribution < 1.29 is 9.72 Å². The molecule has 0 bridgehead atoms. The average Bonchev–Trinajstić information content (AvgIpc) is 2.87. The summed E-state index contributed by atoms with van der Waals surface area (Å²) in [7, 11) is 1.95. The first-order valence-corrected chi connectivity index (χ1v) is 8.03. The topological polar surface area (TPSA) is 75.5 Å². The van der Waals surface area contributed by atoms with Crippen LogP contribution in [0, 0.1) is 23.0 Å². The predicted molar refractivity (Wildman–Crippen MR) is 82.9 cm³/mol. The monoisotopic (exact) mass is 311 g/mol. The zero-order valence-electron chi connectivity index (χ0n) is 12.4. The highest BCUT2D eigenvalue weighted by Gasteiger charge is 2.26. The largest absolute Gasteiger partial charge is 0.338 e. The fraction of sp³-hybridized carbons (Fsp3) is 0.643. The Bertz CT molecular complexity index is 522. The molecule has 0 aromatic carbocycles. The van der Waals surface area contributed by atoms with Crippen LogP contribution in [0.1, 0.15) is 33.8 Å². The quantitative estimate of drug-likeness (QED) is 0.669. The van der Waals surface area contributed by atoms with Gasteiger partial charge in [-0.05, 0) is 45.7 Å². The van der Waals surface area contributed by atoms with Gasteiger partial charge in [0.05, 0.1) is 14.7 Å². The Hall–Kier alpha value is -1.47. The van der Waals surface area contributed by atoms with Crippen molar-refractivity contribution >= 4 is 22.9 Å². The molecule has 0 radical (unpaired) electrons. The summed E-state index contributed by atoms with van der Waals surface area (Å²) in [6, 6.07) is 1.41. The molecule has 1 fully saturated rings. The Morgan fingerprint density at radius 1 is 1.52 bits per heavy atom. The van der Waals surface area contributed by atoms with Crippen molar-refractivity contribution in [3.8, 4) is 0 Å². The van der Waals surface area contributed by atoms with Gasteiger partial charge in [0.15, 0.2) is 0 Å². The Morgan fingerprint density at radius 3 is 2.71 bits per heavy atom. The zero-order chi connectivity index (χ0) is 15.4. The first-order chi connectivity index (χ1) is 10.0. The Labute approximate surface area is 128 Å². The molecule has 1 aliphatic heterocycles. The molecule has 1 amide bonds. The smallest absolute Gasteiger partial charge is 0.283 e. The number of hydrogen-bond donors (Lipinski definition) is 1. The van der Waals surface area contributed by atoms with Crippen LogP contribution < -0.4 is 5.32 Å². The van der Waals surface area contributed by atoms with Crippen molar-refractivity contribution in [2.75, 3.05) is 26.7 Å². The number of nitrogens with zero attached hydrogens (tertiary/aromatic N) is 2. The molecule has 116 valence electrons. The fourth-order valence-corrected chi connectivity index (χ4v) is 3.64. The Kier molecular flexibility index (Phi) is 5.30. The van der Waals surface area contributed by atoms with E-state index >= 15 is 0 Å². The van der Waals surface area contributed by atoms with Gasteiger partial charge >= 0.3 is 0 Å². The minimum atomic E-state index is -0.424. The predicted octanol–water partition coefficient (Wildman–Crippen LogP) is 2.43. The van der Waals surface area contributed by atoms with Crippen LogP contribution in [0.25, 0.3) is 0 Å². The van der Waals surface area contributed by atoms with E-state index in [-0.39, 0.29) is 11.6 Å². The van der Waals surface area contributed by atoms with Crippen molar-refractivity contribution in [3.05, 3.63) is 25.9 Å². The van der Waals surface area contributed by atoms with Crippen LogP contribution in [0.4, 0.5) is 5.69 Å². The van der Waals surface area contributed by atoms with E-state index in [0.717, 1.165) is 38.9 Å². The summed E-state index contributed by atoms with van der Waals surface area (Å²) in [5.74, 6) is 0.601. The summed E-state index contributed by atoms with van der Waals surface area (Å²) in [6.07, 6.45) is 3.17.